The highest BCUT2D eigenvalue weighted by atomic mass is 16.1. The van der Waals surface area contributed by atoms with E-state index in [0.717, 1.165) is 44.4 Å². The van der Waals surface area contributed by atoms with Gasteiger partial charge in [-0.05, 0) is 55.2 Å². The lowest BCUT2D eigenvalue weighted by Crippen LogP contribution is -2.05. The Morgan fingerprint density at radius 3 is 2.34 bits per heavy atom. The Hall–Kier alpha value is -3.52. The molecule has 0 amide bonds. The molecule has 0 aliphatic carbocycles. The molecule has 0 fully saturated rings. The second-order valence-electron chi connectivity index (χ2n) is 7.39. The minimum atomic E-state index is -0.0282. The Bertz CT molecular complexity index is 1240. The van der Waals surface area contributed by atoms with Crippen molar-refractivity contribution in [1.29, 1.82) is 0 Å². The largest absolute Gasteiger partial charge is 0.289 e. The number of hydrogen-bond acceptors (Lipinski definition) is 2. The van der Waals surface area contributed by atoms with Crippen LogP contribution in [0.1, 0.15) is 32.7 Å². The van der Waals surface area contributed by atoms with Gasteiger partial charge in [-0.15, -0.1) is 0 Å². The maximum atomic E-state index is 13.3. The second kappa shape index (κ2) is 7.84. The van der Waals surface area contributed by atoms with E-state index in [1.807, 2.05) is 62.4 Å². The number of aryl methyl sites for hydroxylation is 3. The summed E-state index contributed by atoms with van der Waals surface area (Å²) in [4.78, 5) is 18.1. The van der Waals surface area contributed by atoms with Gasteiger partial charge in [-0.25, -0.2) is 0 Å². The topological polar surface area (TPSA) is 30.0 Å². The third-order valence-corrected chi connectivity index (χ3v) is 5.23. The summed E-state index contributed by atoms with van der Waals surface area (Å²) < 4.78 is 0. The molecule has 2 heteroatoms. The first kappa shape index (κ1) is 18.8. The summed E-state index contributed by atoms with van der Waals surface area (Å²) in [7, 11) is 0. The van der Waals surface area contributed by atoms with Gasteiger partial charge in [0.15, 0.2) is 5.78 Å². The molecule has 0 N–H and O–H groups in total. The van der Waals surface area contributed by atoms with Crippen LogP contribution in [0.3, 0.4) is 0 Å². The summed E-state index contributed by atoms with van der Waals surface area (Å²) in [5.74, 6) is -0.0282. The molecule has 0 unspecified atom stereocenters. The number of ketones is 1. The first-order valence-corrected chi connectivity index (χ1v) is 9.79. The lowest BCUT2D eigenvalue weighted by Gasteiger charge is -2.14. The zero-order chi connectivity index (χ0) is 20.4. The van der Waals surface area contributed by atoms with E-state index >= 15 is 0 Å². The molecule has 4 aromatic rings. The lowest BCUT2D eigenvalue weighted by atomic mass is 9.91. The molecule has 1 heterocycles. The number of fused-ring (bicyclic) bond motifs is 1. The number of aromatic nitrogens is 1. The SMILES string of the molecule is Cc1ccc2c(-c3ccccc3)c(C(=O)/C=C/c3ccccc3C)c(C)nc2c1. The highest BCUT2D eigenvalue weighted by Crippen LogP contribution is 2.34. The number of pyridine rings is 1. The van der Waals surface area contributed by atoms with Crippen LogP contribution in [0, 0.1) is 20.8 Å². The van der Waals surface area contributed by atoms with Gasteiger partial charge in [-0.3, -0.25) is 9.78 Å². The van der Waals surface area contributed by atoms with Crippen molar-refractivity contribution in [2.45, 2.75) is 20.8 Å². The minimum absolute atomic E-state index is 0.0282. The van der Waals surface area contributed by atoms with Gasteiger partial charge >= 0.3 is 0 Å². The van der Waals surface area contributed by atoms with E-state index in [1.54, 1.807) is 6.08 Å². The molecule has 0 radical (unpaired) electrons. The van der Waals surface area contributed by atoms with Gasteiger partial charge in [-0.1, -0.05) is 72.8 Å². The Balaban J connectivity index is 1.92. The van der Waals surface area contributed by atoms with E-state index in [9.17, 15) is 4.79 Å². The molecule has 0 saturated heterocycles. The fourth-order valence-corrected chi connectivity index (χ4v) is 3.73. The van der Waals surface area contributed by atoms with Crippen molar-refractivity contribution < 1.29 is 4.79 Å². The van der Waals surface area contributed by atoms with Gasteiger partial charge in [0.1, 0.15) is 0 Å². The molecule has 4 rings (SSSR count). The van der Waals surface area contributed by atoms with E-state index in [2.05, 4.69) is 37.3 Å². The maximum Gasteiger partial charge on any atom is 0.188 e. The Morgan fingerprint density at radius 2 is 1.59 bits per heavy atom. The van der Waals surface area contributed by atoms with Gasteiger partial charge in [-0.2, -0.15) is 0 Å². The highest BCUT2D eigenvalue weighted by Gasteiger charge is 2.19. The summed E-state index contributed by atoms with van der Waals surface area (Å²) in [5, 5.41) is 1.00. The number of carbonyl (C=O) groups is 1. The molecular weight excluding hydrogens is 354 g/mol. The zero-order valence-corrected chi connectivity index (χ0v) is 16.9. The van der Waals surface area contributed by atoms with Crippen LogP contribution in [0.4, 0.5) is 0 Å². The molecule has 0 spiro atoms. The van der Waals surface area contributed by atoms with E-state index in [-0.39, 0.29) is 5.78 Å². The monoisotopic (exact) mass is 377 g/mol. The number of carbonyl (C=O) groups excluding carboxylic acids is 1. The van der Waals surface area contributed by atoms with E-state index in [4.69, 9.17) is 4.98 Å². The Labute approximate surface area is 171 Å². The van der Waals surface area contributed by atoms with Crippen LogP contribution in [-0.4, -0.2) is 10.8 Å². The zero-order valence-electron chi connectivity index (χ0n) is 16.9. The molecular formula is C27H23NO. The van der Waals surface area contributed by atoms with Crippen LogP contribution in [-0.2, 0) is 0 Å². The number of hydrogen-bond donors (Lipinski definition) is 0. The highest BCUT2D eigenvalue weighted by molar-refractivity contribution is 6.16. The first-order valence-electron chi connectivity index (χ1n) is 9.79. The lowest BCUT2D eigenvalue weighted by molar-refractivity contribution is 0.104. The van der Waals surface area contributed by atoms with Crippen molar-refractivity contribution in [3.05, 3.63) is 107 Å². The smallest absolute Gasteiger partial charge is 0.188 e. The Kier molecular flexibility index (Phi) is 5.09. The quantitative estimate of drug-likeness (QED) is 0.292. The summed E-state index contributed by atoms with van der Waals surface area (Å²) in [6.07, 6.45) is 3.56. The molecule has 3 aromatic carbocycles. The number of benzene rings is 3. The molecule has 0 saturated carbocycles. The fraction of sp³-hybridized carbons (Fsp3) is 0.111. The van der Waals surface area contributed by atoms with Gasteiger partial charge in [0, 0.05) is 16.6 Å². The van der Waals surface area contributed by atoms with Crippen LogP contribution >= 0.6 is 0 Å². The molecule has 0 atom stereocenters. The van der Waals surface area contributed by atoms with Crippen molar-refractivity contribution in [1.82, 2.24) is 4.98 Å². The predicted molar refractivity (Wildman–Crippen MR) is 121 cm³/mol. The molecule has 2 nitrogen and oxygen atoms in total. The van der Waals surface area contributed by atoms with Crippen LogP contribution in [0.25, 0.3) is 28.1 Å². The van der Waals surface area contributed by atoms with Crippen molar-refractivity contribution in [2.24, 2.45) is 0 Å². The Morgan fingerprint density at radius 1 is 0.862 bits per heavy atom. The molecule has 0 bridgehead atoms. The van der Waals surface area contributed by atoms with E-state index in [0.29, 0.717) is 5.56 Å². The van der Waals surface area contributed by atoms with Crippen LogP contribution < -0.4 is 0 Å². The van der Waals surface area contributed by atoms with Gasteiger partial charge in [0.05, 0.1) is 11.1 Å². The summed E-state index contributed by atoms with van der Waals surface area (Å²) in [5.41, 5.74) is 7.65. The molecule has 142 valence electrons. The normalized spacial score (nSPS) is 11.3. The van der Waals surface area contributed by atoms with Gasteiger partial charge in [0.2, 0.25) is 0 Å². The van der Waals surface area contributed by atoms with Crippen molar-refractivity contribution >= 4 is 22.8 Å². The maximum absolute atomic E-state index is 13.3. The average molecular weight is 377 g/mol. The molecule has 1 aromatic heterocycles. The summed E-state index contributed by atoms with van der Waals surface area (Å²) >= 11 is 0. The third kappa shape index (κ3) is 3.74. The van der Waals surface area contributed by atoms with Crippen LogP contribution in [0.5, 0.6) is 0 Å². The van der Waals surface area contributed by atoms with Gasteiger partial charge < -0.3 is 0 Å². The van der Waals surface area contributed by atoms with E-state index in [1.165, 1.54) is 0 Å². The first-order chi connectivity index (χ1) is 14.0. The van der Waals surface area contributed by atoms with Crippen molar-refractivity contribution in [3.63, 3.8) is 0 Å². The molecule has 0 aliphatic rings. The fourth-order valence-electron chi connectivity index (χ4n) is 3.73. The van der Waals surface area contributed by atoms with Crippen molar-refractivity contribution in [3.8, 4) is 11.1 Å². The number of nitrogens with zero attached hydrogens (tertiary/aromatic N) is 1. The molecule has 29 heavy (non-hydrogen) atoms. The summed E-state index contributed by atoms with van der Waals surface area (Å²) in [6, 6.07) is 24.4. The third-order valence-electron chi connectivity index (χ3n) is 5.23. The van der Waals surface area contributed by atoms with E-state index < -0.39 is 0 Å². The van der Waals surface area contributed by atoms with Crippen molar-refractivity contribution in [2.75, 3.05) is 0 Å². The van der Waals surface area contributed by atoms with Crippen LogP contribution in [0.2, 0.25) is 0 Å². The average Bonchev–Trinajstić information content (AvgIpc) is 2.72. The predicted octanol–water partition coefficient (Wildman–Crippen LogP) is 6.72. The number of rotatable bonds is 4. The minimum Gasteiger partial charge on any atom is -0.289 e. The summed E-state index contributed by atoms with van der Waals surface area (Å²) in [6.45, 7) is 6.02. The number of allylic oxidation sites excluding steroid dienone is 1. The van der Waals surface area contributed by atoms with Gasteiger partial charge in [0.25, 0.3) is 0 Å². The standard InChI is InChI=1S/C27H23NO/c1-18-13-15-23-24(17-18)28-20(3)26(27(23)22-11-5-4-6-12-22)25(29)16-14-21-10-8-7-9-19(21)2/h4-17H,1-3H3/b16-14+. The second-order valence-corrected chi connectivity index (χ2v) is 7.39. The molecule has 0 aliphatic heterocycles. The van der Waals surface area contributed by atoms with Crippen LogP contribution in [0.15, 0.2) is 78.9 Å².